The summed E-state index contributed by atoms with van der Waals surface area (Å²) in [5.74, 6) is 2.62. The number of anilines is 2. The molecule has 10 heteroatoms. The van der Waals surface area contributed by atoms with Gasteiger partial charge in [-0.05, 0) is 67.8 Å². The Morgan fingerprint density at radius 2 is 1.77 bits per heavy atom. The molecule has 0 amide bonds. The highest BCUT2D eigenvalue weighted by Gasteiger charge is 2.22. The van der Waals surface area contributed by atoms with Crippen LogP contribution in [-0.4, -0.2) is 59.6 Å². The second-order valence-corrected chi connectivity index (χ2v) is 12.0. The zero-order chi connectivity index (χ0) is 30.7. The summed E-state index contributed by atoms with van der Waals surface area (Å²) in [6.45, 7) is 2.22. The fourth-order valence-corrected chi connectivity index (χ4v) is 6.51. The van der Waals surface area contributed by atoms with Crippen molar-refractivity contribution in [2.24, 2.45) is 0 Å². The number of nitriles is 1. The monoisotopic (exact) mass is 623 g/mol. The second-order valence-electron chi connectivity index (χ2n) is 9.87. The molecule has 0 radical (unpaired) electrons. The van der Waals surface area contributed by atoms with E-state index in [1.807, 2.05) is 98.2 Å². The smallest absolute Gasteiger partial charge is 0.227 e. The van der Waals surface area contributed by atoms with Crippen LogP contribution < -0.4 is 14.8 Å². The van der Waals surface area contributed by atoms with Gasteiger partial charge in [0.25, 0.3) is 0 Å². The zero-order valence-electron chi connectivity index (χ0n) is 24.6. The summed E-state index contributed by atoms with van der Waals surface area (Å²) in [7, 11) is 1.98. The molecule has 0 saturated heterocycles. The lowest BCUT2D eigenvalue weighted by atomic mass is 10.0. The number of thioether (sulfide) groups is 1. The molecule has 2 N–H and O–H groups in total. The SMILES string of the molecule is CSc1sc(-c2ccnc(Nc3cccc(OCCCN(C)CCO)c3)n2)c(-c2cccc(Oc3ccccc3)c2)c1C#N. The van der Waals surface area contributed by atoms with E-state index in [-0.39, 0.29) is 6.61 Å². The van der Waals surface area contributed by atoms with Crippen molar-refractivity contribution in [3.8, 4) is 45.0 Å². The maximum atomic E-state index is 10.2. The summed E-state index contributed by atoms with van der Waals surface area (Å²) >= 11 is 3.10. The number of nitrogens with zero attached hydrogens (tertiary/aromatic N) is 4. The molecule has 2 heterocycles. The number of ether oxygens (including phenoxy) is 2. The van der Waals surface area contributed by atoms with Crippen molar-refractivity contribution in [1.82, 2.24) is 14.9 Å². The van der Waals surface area contributed by atoms with Gasteiger partial charge in [-0.15, -0.1) is 23.1 Å². The molecule has 0 bridgehead atoms. The van der Waals surface area contributed by atoms with Crippen LogP contribution in [0.2, 0.25) is 0 Å². The highest BCUT2D eigenvalue weighted by atomic mass is 32.2. The number of aliphatic hydroxyl groups excluding tert-OH is 1. The van der Waals surface area contributed by atoms with E-state index in [0.717, 1.165) is 50.4 Å². The van der Waals surface area contributed by atoms with Crippen LogP contribution in [0.4, 0.5) is 11.6 Å². The highest BCUT2D eigenvalue weighted by Crippen LogP contribution is 2.46. The number of hydrogen-bond acceptors (Lipinski definition) is 10. The second kappa shape index (κ2) is 15.4. The predicted molar refractivity (Wildman–Crippen MR) is 178 cm³/mol. The molecule has 5 rings (SSSR count). The summed E-state index contributed by atoms with van der Waals surface area (Å²) in [4.78, 5) is 12.3. The van der Waals surface area contributed by atoms with E-state index >= 15 is 0 Å². The van der Waals surface area contributed by atoms with Crippen LogP contribution in [0.15, 0.2) is 95.3 Å². The van der Waals surface area contributed by atoms with Gasteiger partial charge in [-0.3, -0.25) is 0 Å². The van der Waals surface area contributed by atoms with Gasteiger partial charge in [0.15, 0.2) is 0 Å². The third-order valence-corrected chi connectivity index (χ3v) is 9.02. The predicted octanol–water partition coefficient (Wildman–Crippen LogP) is 7.69. The summed E-state index contributed by atoms with van der Waals surface area (Å²) < 4.78 is 13.0. The topological polar surface area (TPSA) is 104 Å². The quantitative estimate of drug-likeness (QED) is 0.0951. The molecular weight excluding hydrogens is 591 g/mol. The minimum atomic E-state index is 0.150. The van der Waals surface area contributed by atoms with Crippen LogP contribution in [0.3, 0.4) is 0 Å². The van der Waals surface area contributed by atoms with Crippen LogP contribution in [0, 0.1) is 11.3 Å². The van der Waals surface area contributed by atoms with Crippen molar-refractivity contribution in [3.63, 3.8) is 0 Å². The van der Waals surface area contributed by atoms with Gasteiger partial charge in [0.2, 0.25) is 5.95 Å². The van der Waals surface area contributed by atoms with Crippen molar-refractivity contribution in [1.29, 1.82) is 5.26 Å². The number of aromatic nitrogens is 2. The first kappa shape index (κ1) is 31.0. The van der Waals surface area contributed by atoms with Crippen LogP contribution in [-0.2, 0) is 0 Å². The van der Waals surface area contributed by atoms with E-state index in [9.17, 15) is 5.26 Å². The molecule has 0 spiro atoms. The third-order valence-electron chi connectivity index (χ3n) is 6.69. The van der Waals surface area contributed by atoms with Crippen molar-refractivity contribution >= 4 is 34.7 Å². The molecule has 2 aromatic heterocycles. The lowest BCUT2D eigenvalue weighted by Crippen LogP contribution is -2.24. The largest absolute Gasteiger partial charge is 0.493 e. The number of aliphatic hydroxyl groups is 1. The Hall–Kier alpha value is -4.40. The van der Waals surface area contributed by atoms with E-state index in [4.69, 9.17) is 19.6 Å². The zero-order valence-corrected chi connectivity index (χ0v) is 26.2. The summed E-state index contributed by atoms with van der Waals surface area (Å²) in [5.41, 5.74) is 3.84. The van der Waals surface area contributed by atoms with Gasteiger partial charge in [0.1, 0.15) is 23.3 Å². The Morgan fingerprint density at radius 1 is 0.977 bits per heavy atom. The number of thiophene rings is 1. The molecule has 0 aliphatic heterocycles. The van der Waals surface area contributed by atoms with E-state index in [2.05, 4.69) is 21.3 Å². The van der Waals surface area contributed by atoms with Gasteiger partial charge in [0.05, 0.1) is 33.6 Å². The molecule has 0 fully saturated rings. The number of rotatable bonds is 14. The summed E-state index contributed by atoms with van der Waals surface area (Å²) in [5, 5.41) is 22.6. The van der Waals surface area contributed by atoms with Crippen molar-refractivity contribution < 1.29 is 14.6 Å². The molecule has 44 heavy (non-hydrogen) atoms. The van der Waals surface area contributed by atoms with Gasteiger partial charge in [0, 0.05) is 36.6 Å². The summed E-state index contributed by atoms with van der Waals surface area (Å²) in [6.07, 6.45) is 4.55. The molecular formula is C34H33N5O3S2. The average Bonchev–Trinajstić information content (AvgIpc) is 3.43. The minimum absolute atomic E-state index is 0.150. The fourth-order valence-electron chi connectivity index (χ4n) is 4.60. The van der Waals surface area contributed by atoms with E-state index in [0.29, 0.717) is 36.1 Å². The molecule has 0 saturated carbocycles. The molecule has 5 aromatic rings. The van der Waals surface area contributed by atoms with Gasteiger partial charge >= 0.3 is 0 Å². The maximum absolute atomic E-state index is 10.2. The average molecular weight is 624 g/mol. The van der Waals surface area contributed by atoms with Gasteiger partial charge < -0.3 is 24.8 Å². The standard InChI is InChI=1S/C34H33N5O3S2/c1-39(18-19-40)17-8-20-41-27-13-7-10-25(22-27)37-34-36-16-15-30(38-34)32-31(29(23-35)33(43-2)44-32)24-9-6-14-28(21-24)42-26-11-4-3-5-12-26/h3-7,9-16,21-22,40H,8,17-20H2,1-2H3,(H,36,37,38). The lowest BCUT2D eigenvalue weighted by molar-refractivity contribution is 0.207. The first-order chi connectivity index (χ1) is 21.6. The first-order valence-electron chi connectivity index (χ1n) is 14.1. The third kappa shape index (κ3) is 7.95. The fraction of sp³-hybridized carbons (Fsp3) is 0.206. The van der Waals surface area contributed by atoms with Crippen molar-refractivity contribution in [2.45, 2.75) is 10.6 Å². The maximum Gasteiger partial charge on any atom is 0.227 e. The highest BCUT2D eigenvalue weighted by molar-refractivity contribution is 8.00. The Balaban J connectivity index is 1.38. The van der Waals surface area contributed by atoms with Crippen LogP contribution in [0.1, 0.15) is 12.0 Å². The first-order valence-corrected chi connectivity index (χ1v) is 16.2. The lowest BCUT2D eigenvalue weighted by Gasteiger charge is -2.15. The molecule has 224 valence electrons. The molecule has 3 aromatic carbocycles. The van der Waals surface area contributed by atoms with Crippen LogP contribution >= 0.6 is 23.1 Å². The van der Waals surface area contributed by atoms with Crippen molar-refractivity contribution in [3.05, 3.63) is 96.7 Å². The Bertz CT molecular complexity index is 1720. The molecule has 0 atom stereocenters. The molecule has 0 aliphatic rings. The van der Waals surface area contributed by atoms with Crippen LogP contribution in [0.25, 0.3) is 21.7 Å². The number of nitrogens with one attached hydrogen (secondary N) is 1. The van der Waals surface area contributed by atoms with E-state index in [1.165, 1.54) is 0 Å². The van der Waals surface area contributed by atoms with Gasteiger partial charge in [-0.1, -0.05) is 36.4 Å². The summed E-state index contributed by atoms with van der Waals surface area (Å²) in [6, 6.07) is 29.4. The number of benzene rings is 3. The molecule has 0 unspecified atom stereocenters. The molecule has 8 nitrogen and oxygen atoms in total. The minimum Gasteiger partial charge on any atom is -0.493 e. The van der Waals surface area contributed by atoms with Gasteiger partial charge in [-0.2, -0.15) is 5.26 Å². The van der Waals surface area contributed by atoms with E-state index in [1.54, 1.807) is 29.3 Å². The van der Waals surface area contributed by atoms with E-state index < -0.39 is 0 Å². The van der Waals surface area contributed by atoms with Crippen LogP contribution in [0.5, 0.6) is 17.2 Å². The Morgan fingerprint density at radius 3 is 2.57 bits per heavy atom. The normalized spacial score (nSPS) is 10.9. The number of likely N-dealkylation sites (N-methyl/N-ethyl adjacent to an activating group) is 1. The number of para-hydroxylation sites is 1. The van der Waals surface area contributed by atoms with Gasteiger partial charge in [-0.25, -0.2) is 9.97 Å². The Labute approximate surface area is 266 Å². The van der Waals surface area contributed by atoms with Crippen molar-refractivity contribution in [2.75, 3.05) is 44.9 Å². The Kier molecular flexibility index (Phi) is 10.8. The molecule has 0 aliphatic carbocycles. The number of hydrogen-bond donors (Lipinski definition) is 2.